The number of amides is 1. The van der Waals surface area contributed by atoms with E-state index in [-0.39, 0.29) is 5.91 Å². The number of nitrogens with two attached hydrogens (primary N) is 1. The lowest BCUT2D eigenvalue weighted by Gasteiger charge is -2.11. The van der Waals surface area contributed by atoms with Crippen molar-refractivity contribution in [1.82, 2.24) is 0 Å². The Labute approximate surface area is 102 Å². The van der Waals surface area contributed by atoms with Gasteiger partial charge in [-0.25, -0.2) is 0 Å². The highest BCUT2D eigenvalue weighted by atomic mass is 79.9. The zero-order chi connectivity index (χ0) is 11.4. The van der Waals surface area contributed by atoms with Crippen molar-refractivity contribution in [2.75, 3.05) is 23.1 Å². The van der Waals surface area contributed by atoms with Crippen LogP contribution in [0.2, 0.25) is 0 Å². The number of carbonyl (C=O) groups is 1. The SMILES string of the molecule is CSCC(=O)Nc1c(C)cc(Br)cc1N. The molecule has 82 valence electrons. The van der Waals surface area contributed by atoms with Gasteiger partial charge in [-0.15, -0.1) is 0 Å². The lowest BCUT2D eigenvalue weighted by Crippen LogP contribution is -2.15. The minimum absolute atomic E-state index is 0.0281. The zero-order valence-corrected chi connectivity index (χ0v) is 11.0. The normalized spacial score (nSPS) is 10.1. The molecule has 3 nitrogen and oxygen atoms in total. The third kappa shape index (κ3) is 3.43. The number of aryl methyl sites for hydroxylation is 1. The van der Waals surface area contributed by atoms with Crippen LogP contribution in [0, 0.1) is 6.92 Å². The lowest BCUT2D eigenvalue weighted by molar-refractivity contribution is -0.113. The number of hydrogen-bond donors (Lipinski definition) is 2. The summed E-state index contributed by atoms with van der Waals surface area (Å²) < 4.78 is 0.917. The molecule has 1 aromatic carbocycles. The standard InChI is InChI=1S/C10H13BrN2OS/c1-6-3-7(11)4-8(12)10(6)13-9(14)5-15-2/h3-4H,5,12H2,1-2H3,(H,13,14). The van der Waals surface area contributed by atoms with Gasteiger partial charge in [0.05, 0.1) is 17.1 Å². The summed E-state index contributed by atoms with van der Waals surface area (Å²) in [5.74, 6) is 0.411. The van der Waals surface area contributed by atoms with Gasteiger partial charge >= 0.3 is 0 Å². The van der Waals surface area contributed by atoms with Crippen LogP contribution in [0.25, 0.3) is 0 Å². The van der Waals surface area contributed by atoms with Crippen molar-refractivity contribution in [2.45, 2.75) is 6.92 Å². The third-order valence-electron chi connectivity index (χ3n) is 1.87. The fraction of sp³-hybridized carbons (Fsp3) is 0.300. The Bertz CT molecular complexity index is 359. The van der Waals surface area contributed by atoms with E-state index in [9.17, 15) is 4.79 Å². The van der Waals surface area contributed by atoms with Gasteiger partial charge in [-0.3, -0.25) is 4.79 Å². The van der Waals surface area contributed by atoms with Crippen molar-refractivity contribution in [3.8, 4) is 0 Å². The van der Waals surface area contributed by atoms with Gasteiger partial charge in [0.2, 0.25) is 5.91 Å². The highest BCUT2D eigenvalue weighted by Gasteiger charge is 2.08. The lowest BCUT2D eigenvalue weighted by atomic mass is 10.1. The van der Waals surface area contributed by atoms with Gasteiger partial charge in [0, 0.05) is 4.47 Å². The Morgan fingerprint density at radius 1 is 1.60 bits per heavy atom. The van der Waals surface area contributed by atoms with E-state index in [1.807, 2.05) is 19.2 Å². The van der Waals surface area contributed by atoms with Crippen LogP contribution >= 0.6 is 27.7 Å². The van der Waals surface area contributed by atoms with Crippen molar-refractivity contribution in [3.05, 3.63) is 22.2 Å². The van der Waals surface area contributed by atoms with Crippen LogP contribution in [0.3, 0.4) is 0 Å². The Hall–Kier alpha value is -0.680. The van der Waals surface area contributed by atoms with Crippen LogP contribution in [0.1, 0.15) is 5.56 Å². The van der Waals surface area contributed by atoms with Crippen LogP contribution in [0.15, 0.2) is 16.6 Å². The number of halogens is 1. The molecule has 1 amide bonds. The number of anilines is 2. The van der Waals surface area contributed by atoms with Crippen molar-refractivity contribution < 1.29 is 4.79 Å². The zero-order valence-electron chi connectivity index (χ0n) is 8.63. The summed E-state index contributed by atoms with van der Waals surface area (Å²) in [7, 11) is 0. The van der Waals surface area contributed by atoms with Crippen molar-refractivity contribution >= 4 is 45.0 Å². The Morgan fingerprint density at radius 3 is 2.80 bits per heavy atom. The summed E-state index contributed by atoms with van der Waals surface area (Å²) >= 11 is 4.83. The summed E-state index contributed by atoms with van der Waals surface area (Å²) in [6.07, 6.45) is 1.89. The second-order valence-electron chi connectivity index (χ2n) is 3.17. The van der Waals surface area contributed by atoms with E-state index in [0.29, 0.717) is 17.1 Å². The molecule has 0 bridgehead atoms. The quantitative estimate of drug-likeness (QED) is 0.841. The molecular formula is C10H13BrN2OS. The van der Waals surface area contributed by atoms with Gasteiger partial charge in [-0.2, -0.15) is 11.8 Å². The highest BCUT2D eigenvalue weighted by Crippen LogP contribution is 2.27. The largest absolute Gasteiger partial charge is 0.397 e. The van der Waals surface area contributed by atoms with Gasteiger partial charge in [-0.05, 0) is 30.9 Å². The van der Waals surface area contributed by atoms with Crippen LogP contribution in [0.5, 0.6) is 0 Å². The fourth-order valence-corrected chi connectivity index (χ4v) is 2.17. The van der Waals surface area contributed by atoms with Crippen LogP contribution in [-0.4, -0.2) is 17.9 Å². The van der Waals surface area contributed by atoms with E-state index in [2.05, 4.69) is 21.2 Å². The minimum Gasteiger partial charge on any atom is -0.397 e. The maximum atomic E-state index is 11.4. The molecule has 0 fully saturated rings. The number of nitrogens with one attached hydrogen (secondary N) is 1. The molecular weight excluding hydrogens is 276 g/mol. The first-order valence-electron chi connectivity index (χ1n) is 4.39. The van der Waals surface area contributed by atoms with E-state index in [0.717, 1.165) is 10.0 Å². The Balaban J connectivity index is 2.90. The highest BCUT2D eigenvalue weighted by molar-refractivity contribution is 9.10. The average molecular weight is 289 g/mol. The van der Waals surface area contributed by atoms with Gasteiger partial charge in [0.25, 0.3) is 0 Å². The molecule has 0 spiro atoms. The number of rotatable bonds is 3. The number of carbonyl (C=O) groups excluding carboxylic acids is 1. The van der Waals surface area contributed by atoms with Gasteiger partial charge in [0.1, 0.15) is 0 Å². The molecule has 0 unspecified atom stereocenters. The van der Waals surface area contributed by atoms with E-state index in [1.165, 1.54) is 11.8 Å². The molecule has 0 heterocycles. The molecule has 0 aliphatic heterocycles. The maximum absolute atomic E-state index is 11.4. The number of benzene rings is 1. The summed E-state index contributed by atoms with van der Waals surface area (Å²) in [5, 5.41) is 2.80. The van der Waals surface area contributed by atoms with Crippen molar-refractivity contribution in [3.63, 3.8) is 0 Å². The van der Waals surface area contributed by atoms with Gasteiger partial charge in [-0.1, -0.05) is 15.9 Å². The summed E-state index contributed by atoms with van der Waals surface area (Å²) in [6.45, 7) is 1.91. The van der Waals surface area contributed by atoms with E-state index in [1.54, 1.807) is 6.07 Å². The van der Waals surface area contributed by atoms with Crippen LogP contribution in [-0.2, 0) is 4.79 Å². The Morgan fingerprint density at radius 2 is 2.27 bits per heavy atom. The predicted molar refractivity (Wildman–Crippen MR) is 70.3 cm³/mol. The molecule has 0 aliphatic rings. The molecule has 5 heteroatoms. The number of thioether (sulfide) groups is 1. The van der Waals surface area contributed by atoms with Gasteiger partial charge in [0.15, 0.2) is 0 Å². The molecule has 1 rings (SSSR count). The molecule has 0 radical (unpaired) electrons. The van der Waals surface area contributed by atoms with E-state index in [4.69, 9.17) is 5.73 Å². The third-order valence-corrected chi connectivity index (χ3v) is 2.88. The fourth-order valence-electron chi connectivity index (χ4n) is 1.25. The molecule has 0 aromatic heterocycles. The van der Waals surface area contributed by atoms with Crippen molar-refractivity contribution in [2.24, 2.45) is 0 Å². The van der Waals surface area contributed by atoms with Crippen LogP contribution in [0.4, 0.5) is 11.4 Å². The molecule has 0 saturated carbocycles. The summed E-state index contributed by atoms with van der Waals surface area (Å²) in [5.41, 5.74) is 8.06. The predicted octanol–water partition coefficient (Wildman–Crippen LogP) is 2.64. The molecule has 0 aliphatic carbocycles. The minimum atomic E-state index is -0.0281. The second-order valence-corrected chi connectivity index (χ2v) is 4.95. The molecule has 0 saturated heterocycles. The smallest absolute Gasteiger partial charge is 0.234 e. The molecule has 15 heavy (non-hydrogen) atoms. The Kier molecular flexibility index (Phi) is 4.47. The van der Waals surface area contributed by atoms with Crippen molar-refractivity contribution in [1.29, 1.82) is 0 Å². The van der Waals surface area contributed by atoms with Gasteiger partial charge < -0.3 is 11.1 Å². The summed E-state index contributed by atoms with van der Waals surface area (Å²) in [6, 6.07) is 3.70. The number of nitrogen functional groups attached to an aromatic ring is 1. The topological polar surface area (TPSA) is 55.1 Å². The van der Waals surface area contributed by atoms with E-state index < -0.39 is 0 Å². The van der Waals surface area contributed by atoms with Crippen LogP contribution < -0.4 is 11.1 Å². The first-order valence-corrected chi connectivity index (χ1v) is 6.57. The molecule has 0 atom stereocenters. The molecule has 3 N–H and O–H groups in total. The first kappa shape index (κ1) is 12.4. The van der Waals surface area contributed by atoms with E-state index >= 15 is 0 Å². The monoisotopic (exact) mass is 288 g/mol. The first-order chi connectivity index (χ1) is 7.04. The maximum Gasteiger partial charge on any atom is 0.234 e. The second kappa shape index (κ2) is 5.42. The molecule has 1 aromatic rings. The number of hydrogen-bond acceptors (Lipinski definition) is 3. The average Bonchev–Trinajstić information content (AvgIpc) is 2.11. The summed E-state index contributed by atoms with van der Waals surface area (Å²) in [4.78, 5) is 11.4.